The number of nitrogens with zero attached hydrogens (tertiary/aromatic N) is 1. The number of nitrogens with one attached hydrogen (secondary N) is 1. The summed E-state index contributed by atoms with van der Waals surface area (Å²) >= 11 is 0. The molecular formula is C32H42N2O2. The minimum Gasteiger partial charge on any atom is -0.381 e. The standard InChI is InChI=1S/C32H42N2O2/c1-23-6-10-26(11-7-23)27-13-12-25-4-3-5-28(21-29(25)20-27)32(35)33-30-14-8-24(9-15-30)22-34(2)31-16-18-36-19-17-31/h6-7,10-13,20-21,24,30-31H,3-5,8-9,14-19,22H2,1-2H3,(H,33,35)/t24-,30-. The van der Waals surface area contributed by atoms with Crippen molar-refractivity contribution in [3.63, 3.8) is 0 Å². The first kappa shape index (κ1) is 25.2. The van der Waals surface area contributed by atoms with Gasteiger partial charge >= 0.3 is 0 Å². The Hall–Kier alpha value is -2.43. The molecule has 1 saturated heterocycles. The zero-order valence-electron chi connectivity index (χ0n) is 22.1. The van der Waals surface area contributed by atoms with Gasteiger partial charge in [-0.2, -0.15) is 0 Å². The summed E-state index contributed by atoms with van der Waals surface area (Å²) in [4.78, 5) is 15.8. The number of fused-ring (bicyclic) bond motifs is 1. The van der Waals surface area contributed by atoms with E-state index in [1.807, 2.05) is 0 Å². The average molecular weight is 487 g/mol. The summed E-state index contributed by atoms with van der Waals surface area (Å²) in [6.07, 6.45) is 12.0. The SMILES string of the molecule is Cc1ccc(-c2ccc3c(c2)C=C(C(=O)N[C@H]2CC[C@H](CN(C)C4CCOCC4)CC2)CCC3)cc1. The van der Waals surface area contributed by atoms with E-state index in [2.05, 4.69) is 72.7 Å². The minimum atomic E-state index is 0.145. The Bertz CT molecular complexity index is 1060. The van der Waals surface area contributed by atoms with Crippen molar-refractivity contribution in [1.29, 1.82) is 0 Å². The lowest BCUT2D eigenvalue weighted by atomic mass is 9.85. The highest BCUT2D eigenvalue weighted by Crippen LogP contribution is 2.30. The lowest BCUT2D eigenvalue weighted by Gasteiger charge is -2.36. The van der Waals surface area contributed by atoms with Gasteiger partial charge in [0.05, 0.1) is 0 Å². The van der Waals surface area contributed by atoms with Gasteiger partial charge in [-0.25, -0.2) is 0 Å². The molecule has 0 atom stereocenters. The summed E-state index contributed by atoms with van der Waals surface area (Å²) in [6.45, 7) is 5.10. The van der Waals surface area contributed by atoms with Crippen molar-refractivity contribution < 1.29 is 9.53 Å². The van der Waals surface area contributed by atoms with Crippen molar-refractivity contribution >= 4 is 12.0 Å². The molecule has 0 aromatic heterocycles. The number of rotatable bonds is 6. The number of carbonyl (C=O) groups excluding carboxylic acids is 1. The number of benzene rings is 2. The van der Waals surface area contributed by atoms with Crippen molar-refractivity contribution in [2.45, 2.75) is 76.8 Å². The van der Waals surface area contributed by atoms with Crippen molar-refractivity contribution in [2.24, 2.45) is 5.92 Å². The van der Waals surface area contributed by atoms with Crippen molar-refractivity contribution in [2.75, 3.05) is 26.8 Å². The quantitative estimate of drug-likeness (QED) is 0.531. The van der Waals surface area contributed by atoms with E-state index in [-0.39, 0.29) is 5.91 Å². The molecule has 0 radical (unpaired) electrons. The van der Waals surface area contributed by atoms with Gasteiger partial charge in [-0.05, 0) is 112 Å². The number of hydrogen-bond donors (Lipinski definition) is 1. The normalized spacial score (nSPS) is 23.0. The van der Waals surface area contributed by atoms with Crippen LogP contribution in [0.2, 0.25) is 0 Å². The van der Waals surface area contributed by atoms with Gasteiger partial charge in [0, 0.05) is 37.4 Å². The molecule has 2 aromatic rings. The maximum Gasteiger partial charge on any atom is 0.247 e. The van der Waals surface area contributed by atoms with E-state index in [1.165, 1.54) is 47.2 Å². The van der Waals surface area contributed by atoms with Gasteiger partial charge in [0.25, 0.3) is 0 Å². The molecule has 3 aliphatic rings. The second-order valence-electron chi connectivity index (χ2n) is 11.3. The molecule has 0 unspecified atom stereocenters. The summed E-state index contributed by atoms with van der Waals surface area (Å²) in [5.41, 5.74) is 7.21. The molecule has 2 fully saturated rings. The van der Waals surface area contributed by atoms with E-state index < -0.39 is 0 Å². The van der Waals surface area contributed by atoms with E-state index >= 15 is 0 Å². The molecule has 0 bridgehead atoms. The van der Waals surface area contributed by atoms with E-state index in [0.29, 0.717) is 12.1 Å². The van der Waals surface area contributed by atoms with Crippen LogP contribution in [0.5, 0.6) is 0 Å². The van der Waals surface area contributed by atoms with Crippen molar-refractivity contribution in [1.82, 2.24) is 10.2 Å². The van der Waals surface area contributed by atoms with Crippen LogP contribution in [0.1, 0.15) is 68.1 Å². The van der Waals surface area contributed by atoms with Crippen LogP contribution in [0.25, 0.3) is 17.2 Å². The third-order valence-corrected chi connectivity index (χ3v) is 8.59. The van der Waals surface area contributed by atoms with Crippen molar-refractivity contribution in [3.8, 4) is 11.1 Å². The highest BCUT2D eigenvalue weighted by molar-refractivity contribution is 5.98. The van der Waals surface area contributed by atoms with Crippen LogP contribution in [-0.2, 0) is 16.0 Å². The fraction of sp³-hybridized carbons (Fsp3) is 0.531. The largest absolute Gasteiger partial charge is 0.381 e. The maximum atomic E-state index is 13.3. The van der Waals surface area contributed by atoms with E-state index in [9.17, 15) is 4.79 Å². The van der Waals surface area contributed by atoms with E-state index in [1.54, 1.807) is 0 Å². The zero-order valence-corrected chi connectivity index (χ0v) is 22.1. The van der Waals surface area contributed by atoms with Crippen molar-refractivity contribution in [3.05, 3.63) is 64.7 Å². The van der Waals surface area contributed by atoms with Gasteiger partial charge in [-0.15, -0.1) is 0 Å². The Balaban J connectivity index is 1.18. The summed E-state index contributed by atoms with van der Waals surface area (Å²) in [7, 11) is 2.28. The minimum absolute atomic E-state index is 0.145. The molecule has 1 N–H and O–H groups in total. The van der Waals surface area contributed by atoms with E-state index in [0.717, 1.165) is 69.7 Å². The molecule has 1 aliphatic heterocycles. The van der Waals surface area contributed by atoms with Gasteiger partial charge in [-0.3, -0.25) is 4.79 Å². The highest BCUT2D eigenvalue weighted by Gasteiger charge is 2.27. The molecule has 1 heterocycles. The Morgan fingerprint density at radius 1 is 0.944 bits per heavy atom. The monoisotopic (exact) mass is 486 g/mol. The Morgan fingerprint density at radius 2 is 1.67 bits per heavy atom. The molecule has 36 heavy (non-hydrogen) atoms. The molecule has 2 aromatic carbocycles. The lowest BCUT2D eigenvalue weighted by molar-refractivity contribution is -0.118. The molecule has 5 rings (SSSR count). The first-order chi connectivity index (χ1) is 17.5. The summed E-state index contributed by atoms with van der Waals surface area (Å²) in [5, 5.41) is 3.40. The summed E-state index contributed by atoms with van der Waals surface area (Å²) in [5.74, 6) is 0.890. The predicted octanol–water partition coefficient (Wildman–Crippen LogP) is 6.17. The smallest absolute Gasteiger partial charge is 0.247 e. The topological polar surface area (TPSA) is 41.6 Å². The van der Waals surface area contributed by atoms with Crippen LogP contribution in [0, 0.1) is 12.8 Å². The number of hydrogen-bond acceptors (Lipinski definition) is 3. The van der Waals surface area contributed by atoms with Crippen LogP contribution in [0.15, 0.2) is 48.0 Å². The number of amides is 1. The average Bonchev–Trinajstić information content (AvgIpc) is 3.13. The summed E-state index contributed by atoms with van der Waals surface area (Å²) < 4.78 is 5.53. The molecule has 4 nitrogen and oxygen atoms in total. The number of aryl methyl sites for hydroxylation is 2. The van der Waals surface area contributed by atoms with Crippen LogP contribution in [-0.4, -0.2) is 49.7 Å². The molecule has 1 saturated carbocycles. The van der Waals surface area contributed by atoms with Gasteiger partial charge in [-0.1, -0.05) is 42.0 Å². The fourth-order valence-corrected chi connectivity index (χ4v) is 6.24. The predicted molar refractivity (Wildman–Crippen MR) is 148 cm³/mol. The van der Waals surface area contributed by atoms with Gasteiger partial charge in [0.15, 0.2) is 0 Å². The third-order valence-electron chi connectivity index (χ3n) is 8.59. The van der Waals surface area contributed by atoms with Gasteiger partial charge < -0.3 is 15.0 Å². The third kappa shape index (κ3) is 6.27. The van der Waals surface area contributed by atoms with Crippen LogP contribution < -0.4 is 5.32 Å². The maximum absolute atomic E-state index is 13.3. The molecule has 4 heteroatoms. The Morgan fingerprint density at radius 3 is 2.42 bits per heavy atom. The van der Waals surface area contributed by atoms with Gasteiger partial charge in [0.1, 0.15) is 0 Å². The van der Waals surface area contributed by atoms with Gasteiger partial charge in [0.2, 0.25) is 5.91 Å². The first-order valence-electron chi connectivity index (χ1n) is 14.0. The number of ether oxygens (including phenoxy) is 1. The molecule has 0 spiro atoms. The molecule has 192 valence electrons. The lowest BCUT2D eigenvalue weighted by Crippen LogP contribution is -2.42. The second-order valence-corrected chi connectivity index (χ2v) is 11.3. The molecule has 1 amide bonds. The Labute approximate surface area is 217 Å². The molecule has 2 aliphatic carbocycles. The highest BCUT2D eigenvalue weighted by atomic mass is 16.5. The van der Waals surface area contributed by atoms with E-state index in [4.69, 9.17) is 4.74 Å². The summed E-state index contributed by atoms with van der Waals surface area (Å²) in [6, 6.07) is 16.4. The first-order valence-corrected chi connectivity index (χ1v) is 14.0. The molecular weight excluding hydrogens is 444 g/mol. The second kappa shape index (κ2) is 11.7. The zero-order chi connectivity index (χ0) is 24.9. The Kier molecular flexibility index (Phi) is 8.23. The van der Waals surface area contributed by atoms with Crippen LogP contribution in [0.4, 0.5) is 0 Å². The van der Waals surface area contributed by atoms with Crippen LogP contribution >= 0.6 is 0 Å². The fourth-order valence-electron chi connectivity index (χ4n) is 6.24. The van der Waals surface area contributed by atoms with Crippen LogP contribution in [0.3, 0.4) is 0 Å². The number of carbonyl (C=O) groups is 1.